The number of hydrogen-bond acceptors (Lipinski definition) is 4. The molecule has 0 radical (unpaired) electrons. The van der Waals surface area contributed by atoms with Crippen molar-refractivity contribution in [1.82, 2.24) is 0 Å². The van der Waals surface area contributed by atoms with E-state index in [0.717, 1.165) is 19.3 Å². The quantitative estimate of drug-likeness (QED) is 0.130. The molecule has 30 heavy (non-hydrogen) atoms. The van der Waals surface area contributed by atoms with Gasteiger partial charge in [0.2, 0.25) is 0 Å². The van der Waals surface area contributed by atoms with Crippen LogP contribution in [0.5, 0.6) is 0 Å². The largest absolute Gasteiger partial charge is 0.521 e. The predicted octanol–water partition coefficient (Wildman–Crippen LogP) is 7.55. The summed E-state index contributed by atoms with van der Waals surface area (Å²) >= 11 is 0. The molecule has 0 aliphatic carbocycles. The third kappa shape index (κ3) is 12.2. The van der Waals surface area contributed by atoms with E-state index in [1.54, 1.807) is 21.3 Å². The molecular formula is C25H55NO3Si. The van der Waals surface area contributed by atoms with Crippen molar-refractivity contribution in [3.05, 3.63) is 0 Å². The van der Waals surface area contributed by atoms with Gasteiger partial charge < -0.3 is 19.0 Å². The predicted molar refractivity (Wildman–Crippen MR) is 133 cm³/mol. The summed E-state index contributed by atoms with van der Waals surface area (Å²) in [6.45, 7) is 4.39. The molecule has 0 amide bonds. The van der Waals surface area contributed by atoms with Crippen LogP contribution in [0.15, 0.2) is 0 Å². The molecule has 0 fully saturated rings. The van der Waals surface area contributed by atoms with Crippen molar-refractivity contribution in [3.8, 4) is 0 Å². The van der Waals surface area contributed by atoms with Crippen LogP contribution in [0.2, 0.25) is 0 Å². The van der Waals surface area contributed by atoms with Crippen LogP contribution in [-0.4, -0.2) is 35.3 Å². The van der Waals surface area contributed by atoms with Crippen LogP contribution < -0.4 is 5.73 Å². The molecule has 0 bridgehead atoms. The molecule has 0 aromatic carbocycles. The van der Waals surface area contributed by atoms with Crippen LogP contribution in [0, 0.1) is 0 Å². The molecule has 0 aromatic rings. The second-order valence-corrected chi connectivity index (χ2v) is 12.4. The van der Waals surface area contributed by atoms with Gasteiger partial charge in [-0.2, -0.15) is 0 Å². The molecule has 0 heterocycles. The minimum atomic E-state index is -2.80. The van der Waals surface area contributed by atoms with E-state index in [4.69, 9.17) is 19.0 Å². The van der Waals surface area contributed by atoms with Crippen LogP contribution in [0.1, 0.15) is 136 Å². The van der Waals surface area contributed by atoms with Crippen LogP contribution in [0.4, 0.5) is 0 Å². The van der Waals surface area contributed by atoms with Crippen molar-refractivity contribution in [2.24, 2.45) is 5.73 Å². The lowest BCUT2D eigenvalue weighted by Crippen LogP contribution is -2.68. The van der Waals surface area contributed by atoms with Crippen molar-refractivity contribution in [3.63, 3.8) is 0 Å². The topological polar surface area (TPSA) is 53.7 Å². The zero-order chi connectivity index (χ0) is 22.6. The van der Waals surface area contributed by atoms with Crippen molar-refractivity contribution >= 4 is 8.80 Å². The average Bonchev–Trinajstić information content (AvgIpc) is 2.77. The smallest absolute Gasteiger partial charge is 0.376 e. The van der Waals surface area contributed by atoms with Gasteiger partial charge in [0.25, 0.3) is 0 Å². The van der Waals surface area contributed by atoms with Crippen LogP contribution in [0.3, 0.4) is 0 Å². The normalized spacial score (nSPS) is 14.2. The summed E-state index contributed by atoms with van der Waals surface area (Å²) in [5.41, 5.74) is 6.66. The molecule has 0 saturated carbocycles. The Balaban J connectivity index is 3.57. The SMILES string of the molecule is CCCCCCCCCCCCCCCCCCCC(N)(CC)[Si](OC)(OC)OC. The molecule has 0 spiro atoms. The molecule has 182 valence electrons. The molecular weight excluding hydrogens is 390 g/mol. The molecule has 0 rings (SSSR count). The first-order valence-electron chi connectivity index (χ1n) is 13.0. The van der Waals surface area contributed by atoms with Gasteiger partial charge in [-0.3, -0.25) is 0 Å². The van der Waals surface area contributed by atoms with Crippen molar-refractivity contribution in [2.75, 3.05) is 21.3 Å². The van der Waals surface area contributed by atoms with E-state index in [0.29, 0.717) is 0 Å². The molecule has 1 atom stereocenters. The first-order valence-corrected chi connectivity index (χ1v) is 14.7. The van der Waals surface area contributed by atoms with E-state index in [9.17, 15) is 0 Å². The first kappa shape index (κ1) is 30.1. The number of rotatable bonds is 23. The molecule has 5 heteroatoms. The van der Waals surface area contributed by atoms with Crippen molar-refractivity contribution < 1.29 is 13.3 Å². The summed E-state index contributed by atoms with van der Waals surface area (Å²) in [4.78, 5) is 0. The fourth-order valence-electron chi connectivity index (χ4n) is 4.57. The van der Waals surface area contributed by atoms with Gasteiger partial charge in [0.05, 0.1) is 5.16 Å². The zero-order valence-corrected chi connectivity index (χ0v) is 22.2. The Morgan fingerprint density at radius 2 is 0.833 bits per heavy atom. The monoisotopic (exact) mass is 445 g/mol. The maximum Gasteiger partial charge on any atom is 0.521 e. The summed E-state index contributed by atoms with van der Waals surface area (Å²) in [7, 11) is 2.17. The third-order valence-electron chi connectivity index (χ3n) is 6.77. The van der Waals surface area contributed by atoms with E-state index >= 15 is 0 Å². The summed E-state index contributed by atoms with van der Waals surface area (Å²) < 4.78 is 16.9. The van der Waals surface area contributed by atoms with E-state index in [-0.39, 0.29) is 0 Å². The van der Waals surface area contributed by atoms with Gasteiger partial charge in [-0.05, 0) is 12.8 Å². The van der Waals surface area contributed by atoms with Crippen molar-refractivity contribution in [2.45, 2.75) is 141 Å². The summed E-state index contributed by atoms with van der Waals surface area (Å²) in [6, 6.07) is 0. The van der Waals surface area contributed by atoms with Gasteiger partial charge in [0.1, 0.15) is 0 Å². The van der Waals surface area contributed by atoms with Gasteiger partial charge in [0.15, 0.2) is 0 Å². The molecule has 0 saturated heterocycles. The Morgan fingerprint density at radius 3 is 1.10 bits per heavy atom. The number of nitrogens with two attached hydrogens (primary N) is 1. The standard InChI is InChI=1S/C25H55NO3Si/c1-6-8-9-10-11-12-13-14-15-16-17-18-19-20-21-22-23-24-25(26,7-2)30(27-3,28-4)29-5/h6-24,26H2,1-5H3. The minimum Gasteiger partial charge on any atom is -0.376 e. The zero-order valence-electron chi connectivity index (χ0n) is 21.2. The lowest BCUT2D eigenvalue weighted by molar-refractivity contribution is 0.0867. The molecule has 2 N–H and O–H groups in total. The summed E-state index contributed by atoms with van der Waals surface area (Å²) in [5.74, 6) is 0. The lowest BCUT2D eigenvalue weighted by atomic mass is 10.0. The van der Waals surface area contributed by atoms with Gasteiger partial charge in [-0.25, -0.2) is 0 Å². The molecule has 4 nitrogen and oxygen atoms in total. The van der Waals surface area contributed by atoms with E-state index < -0.39 is 14.0 Å². The van der Waals surface area contributed by atoms with E-state index in [1.807, 2.05) is 0 Å². The molecule has 0 aliphatic rings. The Bertz CT molecular complexity index is 358. The van der Waals surface area contributed by atoms with Crippen LogP contribution >= 0.6 is 0 Å². The summed E-state index contributed by atoms with van der Waals surface area (Å²) in [6.07, 6.45) is 25.3. The Labute approximate surface area is 190 Å². The van der Waals surface area contributed by atoms with Crippen LogP contribution in [0.25, 0.3) is 0 Å². The molecule has 1 unspecified atom stereocenters. The maximum atomic E-state index is 6.66. The fourth-order valence-corrected chi connectivity index (χ4v) is 7.21. The fraction of sp³-hybridized carbons (Fsp3) is 1.00. The summed E-state index contributed by atoms with van der Waals surface area (Å²) in [5, 5.41) is -0.485. The van der Waals surface area contributed by atoms with Gasteiger partial charge in [-0.1, -0.05) is 123 Å². The Morgan fingerprint density at radius 1 is 0.533 bits per heavy atom. The number of hydrogen-bond donors (Lipinski definition) is 1. The van der Waals surface area contributed by atoms with Gasteiger partial charge in [-0.15, -0.1) is 0 Å². The Hall–Kier alpha value is 0.0569. The maximum absolute atomic E-state index is 6.66. The molecule has 0 aromatic heterocycles. The van der Waals surface area contributed by atoms with E-state index in [2.05, 4.69) is 13.8 Å². The average molecular weight is 446 g/mol. The lowest BCUT2D eigenvalue weighted by Gasteiger charge is -2.40. The molecule has 0 aliphatic heterocycles. The first-order chi connectivity index (χ1) is 14.6. The second kappa shape index (κ2) is 19.7. The highest BCUT2D eigenvalue weighted by Gasteiger charge is 2.56. The Kier molecular flexibility index (Phi) is 19.8. The minimum absolute atomic E-state index is 0.485. The second-order valence-electron chi connectivity index (χ2n) is 9.09. The van der Waals surface area contributed by atoms with Crippen molar-refractivity contribution in [1.29, 1.82) is 0 Å². The van der Waals surface area contributed by atoms with Gasteiger partial charge in [0, 0.05) is 21.3 Å². The highest BCUT2D eigenvalue weighted by Crippen LogP contribution is 2.29. The van der Waals surface area contributed by atoms with Gasteiger partial charge >= 0.3 is 8.80 Å². The highest BCUT2D eigenvalue weighted by molar-refractivity contribution is 6.64. The highest BCUT2D eigenvalue weighted by atomic mass is 28.4. The van der Waals surface area contributed by atoms with Crippen LogP contribution in [-0.2, 0) is 13.3 Å². The third-order valence-corrected chi connectivity index (χ3v) is 10.2. The van der Waals surface area contributed by atoms with E-state index in [1.165, 1.54) is 103 Å². The number of unbranched alkanes of at least 4 members (excludes halogenated alkanes) is 16.